The average Bonchev–Trinajstić information content (AvgIpc) is 2.49. The van der Waals surface area contributed by atoms with Crippen LogP contribution in [-0.4, -0.2) is 15.8 Å². The molecule has 0 saturated carbocycles. The number of amides is 1. The van der Waals surface area contributed by atoms with Crippen LogP contribution in [0.5, 0.6) is 0 Å². The van der Waals surface area contributed by atoms with E-state index in [0.717, 1.165) is 5.56 Å². The number of pyridine rings is 1. The molecule has 0 radical (unpaired) electrons. The number of nitrogens with one attached hydrogen (secondary N) is 1. The molecule has 2 aromatic rings. The summed E-state index contributed by atoms with van der Waals surface area (Å²) >= 11 is 0. The minimum atomic E-state index is -0.432. The second kappa shape index (κ2) is 6.13. The zero-order valence-electron chi connectivity index (χ0n) is 11.8. The van der Waals surface area contributed by atoms with Crippen LogP contribution in [0, 0.1) is 17.0 Å². The molecule has 0 fully saturated rings. The normalized spacial score (nSPS) is 10.2. The first kappa shape index (κ1) is 14.6. The molecule has 0 aliphatic carbocycles. The van der Waals surface area contributed by atoms with Crippen LogP contribution < -0.4 is 5.32 Å². The van der Waals surface area contributed by atoms with Crippen molar-refractivity contribution < 1.29 is 9.72 Å². The predicted octanol–water partition coefficient (Wildman–Crippen LogP) is 3.11. The molecular formula is C15H15N3O3. The molecular weight excluding hydrogens is 270 g/mol. The lowest BCUT2D eigenvalue weighted by atomic mass is 10.0. The van der Waals surface area contributed by atoms with Gasteiger partial charge < -0.3 is 5.32 Å². The van der Waals surface area contributed by atoms with Crippen molar-refractivity contribution in [3.63, 3.8) is 0 Å². The number of aryl methyl sites for hydroxylation is 2. The molecule has 0 saturated heterocycles. The maximum atomic E-state index is 12.2. The fourth-order valence-corrected chi connectivity index (χ4v) is 2.09. The van der Waals surface area contributed by atoms with Gasteiger partial charge in [0.25, 0.3) is 11.6 Å². The number of carbonyl (C=O) groups is 1. The molecule has 0 aliphatic rings. The largest absolute Gasteiger partial charge is 0.321 e. The molecule has 1 aromatic carbocycles. The lowest BCUT2D eigenvalue weighted by Gasteiger charge is -2.13. The molecule has 0 spiro atoms. The van der Waals surface area contributed by atoms with Gasteiger partial charge in [-0.3, -0.25) is 19.9 Å². The van der Waals surface area contributed by atoms with Gasteiger partial charge in [-0.05, 0) is 36.6 Å². The van der Waals surface area contributed by atoms with Crippen LogP contribution in [0.15, 0.2) is 36.7 Å². The fraction of sp³-hybridized carbons (Fsp3) is 0.200. The standard InChI is InChI=1S/C15H15N3O3/c1-3-11-8-13(18(20)21)7-10(2)14(11)17-15(19)12-5-4-6-16-9-12/h4-9H,3H2,1-2H3,(H,17,19). The highest BCUT2D eigenvalue weighted by atomic mass is 16.6. The summed E-state index contributed by atoms with van der Waals surface area (Å²) in [6.07, 6.45) is 3.65. The van der Waals surface area contributed by atoms with Crippen molar-refractivity contribution in [1.29, 1.82) is 0 Å². The molecule has 0 bridgehead atoms. The van der Waals surface area contributed by atoms with Crippen LogP contribution in [-0.2, 0) is 6.42 Å². The Labute approximate surface area is 122 Å². The SMILES string of the molecule is CCc1cc([N+](=O)[O-])cc(C)c1NC(=O)c1cccnc1. The van der Waals surface area contributed by atoms with E-state index < -0.39 is 4.92 Å². The molecule has 21 heavy (non-hydrogen) atoms. The van der Waals surface area contributed by atoms with Crippen molar-refractivity contribution in [2.24, 2.45) is 0 Å². The molecule has 1 aromatic heterocycles. The van der Waals surface area contributed by atoms with Crippen molar-refractivity contribution in [3.05, 3.63) is 63.5 Å². The maximum Gasteiger partial charge on any atom is 0.270 e. The van der Waals surface area contributed by atoms with Gasteiger partial charge in [0.1, 0.15) is 0 Å². The monoisotopic (exact) mass is 285 g/mol. The maximum absolute atomic E-state index is 12.2. The smallest absolute Gasteiger partial charge is 0.270 e. The van der Waals surface area contributed by atoms with Gasteiger partial charge in [-0.1, -0.05) is 6.92 Å². The zero-order chi connectivity index (χ0) is 15.4. The minimum absolute atomic E-state index is 0.0312. The molecule has 1 amide bonds. The number of non-ortho nitro benzene ring substituents is 1. The summed E-state index contributed by atoms with van der Waals surface area (Å²) in [5.74, 6) is -0.283. The molecule has 1 N–H and O–H groups in total. The number of nitro groups is 1. The molecule has 0 aliphatic heterocycles. The van der Waals surface area contributed by atoms with Crippen LogP contribution in [0.4, 0.5) is 11.4 Å². The highest BCUT2D eigenvalue weighted by Gasteiger charge is 2.16. The van der Waals surface area contributed by atoms with E-state index in [9.17, 15) is 14.9 Å². The predicted molar refractivity (Wildman–Crippen MR) is 79.4 cm³/mol. The second-order valence-electron chi connectivity index (χ2n) is 4.60. The van der Waals surface area contributed by atoms with Crippen LogP contribution in [0.1, 0.15) is 28.4 Å². The number of nitrogens with zero attached hydrogens (tertiary/aromatic N) is 2. The summed E-state index contributed by atoms with van der Waals surface area (Å²) in [6, 6.07) is 6.29. The number of aromatic nitrogens is 1. The number of anilines is 1. The Hall–Kier alpha value is -2.76. The topological polar surface area (TPSA) is 85.1 Å². The Bertz CT molecular complexity index is 684. The molecule has 108 valence electrons. The van der Waals surface area contributed by atoms with Gasteiger partial charge in [0.05, 0.1) is 10.5 Å². The van der Waals surface area contributed by atoms with Crippen LogP contribution in [0.3, 0.4) is 0 Å². The van der Waals surface area contributed by atoms with E-state index in [4.69, 9.17) is 0 Å². The number of carbonyl (C=O) groups excluding carboxylic acids is 1. The fourth-order valence-electron chi connectivity index (χ4n) is 2.09. The molecule has 6 heteroatoms. The Morgan fingerprint density at radius 2 is 2.19 bits per heavy atom. The Balaban J connectivity index is 2.36. The first-order chi connectivity index (χ1) is 10.0. The van der Waals surface area contributed by atoms with Gasteiger partial charge in [0.15, 0.2) is 0 Å². The summed E-state index contributed by atoms with van der Waals surface area (Å²) in [7, 11) is 0. The third kappa shape index (κ3) is 3.22. The van der Waals surface area contributed by atoms with E-state index in [2.05, 4.69) is 10.3 Å². The number of benzene rings is 1. The highest BCUT2D eigenvalue weighted by Crippen LogP contribution is 2.27. The average molecular weight is 285 g/mol. The van der Waals surface area contributed by atoms with Crippen molar-refractivity contribution in [3.8, 4) is 0 Å². The number of nitro benzene ring substituents is 1. The van der Waals surface area contributed by atoms with E-state index in [0.29, 0.717) is 23.2 Å². The summed E-state index contributed by atoms with van der Waals surface area (Å²) in [5.41, 5.74) is 2.50. The van der Waals surface area contributed by atoms with Crippen molar-refractivity contribution in [2.75, 3.05) is 5.32 Å². The lowest BCUT2D eigenvalue weighted by molar-refractivity contribution is -0.384. The number of rotatable bonds is 4. The van der Waals surface area contributed by atoms with E-state index in [1.807, 2.05) is 6.92 Å². The van der Waals surface area contributed by atoms with E-state index in [-0.39, 0.29) is 11.6 Å². The molecule has 1 heterocycles. The molecule has 0 unspecified atom stereocenters. The third-order valence-corrected chi connectivity index (χ3v) is 3.16. The van der Waals surface area contributed by atoms with Gasteiger partial charge in [-0.15, -0.1) is 0 Å². The van der Waals surface area contributed by atoms with E-state index in [1.165, 1.54) is 18.3 Å². The lowest BCUT2D eigenvalue weighted by Crippen LogP contribution is -2.14. The van der Waals surface area contributed by atoms with Gasteiger partial charge in [-0.25, -0.2) is 0 Å². The van der Waals surface area contributed by atoms with Crippen LogP contribution in [0.2, 0.25) is 0 Å². The third-order valence-electron chi connectivity index (χ3n) is 3.16. The Morgan fingerprint density at radius 3 is 2.76 bits per heavy atom. The molecule has 6 nitrogen and oxygen atoms in total. The molecule has 0 atom stereocenters. The first-order valence-corrected chi connectivity index (χ1v) is 6.52. The van der Waals surface area contributed by atoms with Gasteiger partial charge in [0.2, 0.25) is 0 Å². The number of hydrogen-bond acceptors (Lipinski definition) is 4. The van der Waals surface area contributed by atoms with Gasteiger partial charge in [-0.2, -0.15) is 0 Å². The van der Waals surface area contributed by atoms with Crippen molar-refractivity contribution in [1.82, 2.24) is 4.98 Å². The van der Waals surface area contributed by atoms with Gasteiger partial charge in [0, 0.05) is 30.2 Å². The number of hydrogen-bond donors (Lipinski definition) is 1. The zero-order valence-corrected chi connectivity index (χ0v) is 11.8. The first-order valence-electron chi connectivity index (χ1n) is 6.52. The van der Waals surface area contributed by atoms with Crippen LogP contribution in [0.25, 0.3) is 0 Å². The summed E-state index contributed by atoms with van der Waals surface area (Å²) in [4.78, 5) is 26.5. The van der Waals surface area contributed by atoms with Crippen molar-refractivity contribution in [2.45, 2.75) is 20.3 Å². The molecule has 2 rings (SSSR count). The minimum Gasteiger partial charge on any atom is -0.321 e. The van der Waals surface area contributed by atoms with Crippen molar-refractivity contribution >= 4 is 17.3 Å². The van der Waals surface area contributed by atoms with E-state index in [1.54, 1.807) is 25.3 Å². The quantitative estimate of drug-likeness (QED) is 0.690. The highest BCUT2D eigenvalue weighted by molar-refractivity contribution is 6.04. The van der Waals surface area contributed by atoms with Crippen LogP contribution >= 0.6 is 0 Å². The Morgan fingerprint density at radius 1 is 1.43 bits per heavy atom. The second-order valence-corrected chi connectivity index (χ2v) is 4.60. The van der Waals surface area contributed by atoms with Gasteiger partial charge >= 0.3 is 0 Å². The summed E-state index contributed by atoms with van der Waals surface area (Å²) in [6.45, 7) is 3.63. The Kier molecular flexibility index (Phi) is 4.27. The summed E-state index contributed by atoms with van der Waals surface area (Å²) in [5, 5.41) is 13.7. The van der Waals surface area contributed by atoms with E-state index >= 15 is 0 Å². The summed E-state index contributed by atoms with van der Waals surface area (Å²) < 4.78 is 0.